The molecule has 2 aromatic carbocycles. The van der Waals surface area contributed by atoms with Gasteiger partial charge < -0.3 is 32.7 Å². The summed E-state index contributed by atoms with van der Waals surface area (Å²) in [5, 5.41) is 20.9. The van der Waals surface area contributed by atoms with Crippen molar-refractivity contribution in [3.63, 3.8) is 0 Å². The second kappa shape index (κ2) is 14.9. The number of carbonyl (C=O) groups is 4. The van der Waals surface area contributed by atoms with Crippen molar-refractivity contribution in [2.24, 2.45) is 29.0 Å². The Morgan fingerprint density at radius 2 is 1.44 bits per heavy atom. The summed E-state index contributed by atoms with van der Waals surface area (Å²) in [4.78, 5) is 54.4. The molecule has 3 rings (SSSR count). The SMILES string of the molecule is CN(C)C(=O)C(Cc1ccc(C(=N)N)cc1)C(=O)NC(C(=O)N[C@@H](Cc1cccc(C(=N)N)c1)C(N)=O)C1CCCCC1. The fourth-order valence-electron chi connectivity index (χ4n) is 5.36. The lowest BCUT2D eigenvalue weighted by Crippen LogP contribution is -2.58. The minimum absolute atomic E-state index is 0.0749. The number of hydrogen-bond donors (Lipinski definition) is 7. The molecule has 0 radical (unpaired) electrons. The number of nitrogens with two attached hydrogens (primary N) is 3. The van der Waals surface area contributed by atoms with Crippen LogP contribution in [0, 0.1) is 22.7 Å². The highest BCUT2D eigenvalue weighted by Crippen LogP contribution is 2.27. The number of nitrogen functional groups attached to an aromatic ring is 2. The highest BCUT2D eigenvalue weighted by molar-refractivity contribution is 6.02. The van der Waals surface area contributed by atoms with Crippen molar-refractivity contribution in [3.8, 4) is 0 Å². The van der Waals surface area contributed by atoms with Gasteiger partial charge in [-0.05, 0) is 42.4 Å². The van der Waals surface area contributed by atoms with Crippen molar-refractivity contribution in [3.05, 3.63) is 70.8 Å². The number of rotatable bonds is 13. The Bertz CT molecular complexity index is 1350. The van der Waals surface area contributed by atoms with Crippen LogP contribution in [0.4, 0.5) is 0 Å². The molecule has 0 spiro atoms. The third-order valence-corrected chi connectivity index (χ3v) is 7.80. The van der Waals surface area contributed by atoms with Crippen LogP contribution in [0.25, 0.3) is 0 Å². The number of nitrogens with one attached hydrogen (secondary N) is 4. The lowest BCUT2D eigenvalue weighted by Gasteiger charge is -2.32. The summed E-state index contributed by atoms with van der Waals surface area (Å²) >= 11 is 0. The van der Waals surface area contributed by atoms with Crippen LogP contribution >= 0.6 is 0 Å². The number of amidine groups is 2. The van der Waals surface area contributed by atoms with E-state index < -0.39 is 41.6 Å². The van der Waals surface area contributed by atoms with Gasteiger partial charge in [-0.1, -0.05) is 61.7 Å². The summed E-state index contributed by atoms with van der Waals surface area (Å²) in [6.07, 6.45) is 4.38. The summed E-state index contributed by atoms with van der Waals surface area (Å²) in [5.41, 5.74) is 19.2. The lowest BCUT2D eigenvalue weighted by atomic mass is 9.83. The molecule has 2 aromatic rings. The molecule has 0 aromatic heterocycles. The van der Waals surface area contributed by atoms with Gasteiger partial charge in [0.2, 0.25) is 23.6 Å². The van der Waals surface area contributed by atoms with Crippen LogP contribution in [0.15, 0.2) is 48.5 Å². The third-order valence-electron chi connectivity index (χ3n) is 7.80. The van der Waals surface area contributed by atoms with Crippen molar-refractivity contribution in [1.29, 1.82) is 10.8 Å². The monoisotopic (exact) mass is 590 g/mol. The molecule has 12 heteroatoms. The predicted octanol–water partition coefficient (Wildman–Crippen LogP) is 0.780. The molecule has 0 saturated heterocycles. The maximum atomic E-state index is 13.7. The van der Waals surface area contributed by atoms with E-state index in [1.165, 1.54) is 4.90 Å². The summed E-state index contributed by atoms with van der Waals surface area (Å²) in [6.45, 7) is 0. The maximum absolute atomic E-state index is 13.7. The fraction of sp³-hybridized carbons (Fsp3) is 0.419. The van der Waals surface area contributed by atoms with Gasteiger partial charge in [-0.2, -0.15) is 0 Å². The molecule has 0 aliphatic heterocycles. The molecule has 4 amide bonds. The minimum Gasteiger partial charge on any atom is -0.384 e. The van der Waals surface area contributed by atoms with Crippen LogP contribution in [0.3, 0.4) is 0 Å². The number of benzene rings is 2. The normalized spacial score (nSPS) is 15.4. The molecule has 10 N–H and O–H groups in total. The van der Waals surface area contributed by atoms with Crippen molar-refractivity contribution in [2.45, 2.75) is 57.0 Å². The zero-order valence-electron chi connectivity index (χ0n) is 24.7. The maximum Gasteiger partial charge on any atom is 0.243 e. The first-order chi connectivity index (χ1) is 20.4. The van der Waals surface area contributed by atoms with Crippen LogP contribution in [-0.4, -0.2) is 66.4 Å². The number of nitrogens with zero attached hydrogens (tertiary/aromatic N) is 1. The van der Waals surface area contributed by atoms with Crippen molar-refractivity contribution in [2.75, 3.05) is 14.1 Å². The highest BCUT2D eigenvalue weighted by atomic mass is 16.2. The Hall–Kier alpha value is -4.74. The van der Waals surface area contributed by atoms with Gasteiger partial charge >= 0.3 is 0 Å². The topological polar surface area (TPSA) is 221 Å². The van der Waals surface area contributed by atoms with Crippen molar-refractivity contribution in [1.82, 2.24) is 15.5 Å². The van der Waals surface area contributed by atoms with Gasteiger partial charge in [-0.25, -0.2) is 0 Å². The van der Waals surface area contributed by atoms with Gasteiger partial charge in [-0.15, -0.1) is 0 Å². The molecule has 2 unspecified atom stereocenters. The third kappa shape index (κ3) is 9.12. The zero-order chi connectivity index (χ0) is 31.7. The van der Waals surface area contributed by atoms with Crippen LogP contribution in [-0.2, 0) is 32.0 Å². The molecular formula is C31H42N8O4. The molecule has 1 saturated carbocycles. The van der Waals surface area contributed by atoms with Gasteiger partial charge in [-0.3, -0.25) is 30.0 Å². The van der Waals surface area contributed by atoms with Gasteiger partial charge in [0.25, 0.3) is 0 Å². The zero-order valence-corrected chi connectivity index (χ0v) is 24.7. The highest BCUT2D eigenvalue weighted by Gasteiger charge is 2.37. The van der Waals surface area contributed by atoms with E-state index >= 15 is 0 Å². The summed E-state index contributed by atoms with van der Waals surface area (Å²) in [6, 6.07) is 11.5. The summed E-state index contributed by atoms with van der Waals surface area (Å²) in [7, 11) is 3.12. The predicted molar refractivity (Wildman–Crippen MR) is 164 cm³/mol. The number of amides is 4. The van der Waals surface area contributed by atoms with E-state index in [0.717, 1.165) is 19.3 Å². The Labute approximate surface area is 251 Å². The number of hydrogen-bond acceptors (Lipinski definition) is 6. The molecule has 43 heavy (non-hydrogen) atoms. The molecule has 3 atom stereocenters. The first-order valence-electron chi connectivity index (χ1n) is 14.3. The molecule has 1 fully saturated rings. The lowest BCUT2D eigenvalue weighted by molar-refractivity contribution is -0.142. The van der Waals surface area contributed by atoms with E-state index in [0.29, 0.717) is 35.1 Å². The van der Waals surface area contributed by atoms with Crippen molar-refractivity contribution < 1.29 is 19.2 Å². The standard InChI is InChI=1S/C31H42N8O4/c1-39(2)31(43)23(16-18-11-13-21(14-12-18)26(32)33)29(41)38-25(20-8-4-3-5-9-20)30(42)37-24(28(36)40)17-19-7-6-10-22(15-19)27(34)35/h6-7,10-15,20,23-25H,3-5,8-9,16-17H2,1-2H3,(H3,32,33)(H3,34,35)(H2,36,40)(H,37,42)(H,38,41)/t23?,24-,25?/m0/s1. The minimum atomic E-state index is -1.11. The molecule has 230 valence electrons. The number of carbonyl (C=O) groups excluding carboxylic acids is 4. The van der Waals surface area contributed by atoms with E-state index in [4.69, 9.17) is 28.0 Å². The Balaban J connectivity index is 1.84. The molecular weight excluding hydrogens is 548 g/mol. The quantitative estimate of drug-likeness (QED) is 0.101. The Kier molecular flexibility index (Phi) is 11.4. The smallest absolute Gasteiger partial charge is 0.243 e. The second-order valence-electron chi connectivity index (χ2n) is 11.3. The average molecular weight is 591 g/mol. The van der Waals surface area contributed by atoms with Gasteiger partial charge in [0.1, 0.15) is 29.7 Å². The van der Waals surface area contributed by atoms with Crippen molar-refractivity contribution >= 4 is 35.3 Å². The van der Waals surface area contributed by atoms with Gasteiger partial charge in [0.15, 0.2) is 0 Å². The fourth-order valence-corrected chi connectivity index (χ4v) is 5.36. The summed E-state index contributed by atoms with van der Waals surface area (Å²) in [5.74, 6) is -3.82. The Morgan fingerprint density at radius 3 is 2.00 bits per heavy atom. The van der Waals surface area contributed by atoms with E-state index in [-0.39, 0.29) is 30.4 Å². The first kappa shape index (κ1) is 32.8. The van der Waals surface area contributed by atoms with Crippen LogP contribution < -0.4 is 27.8 Å². The van der Waals surface area contributed by atoms with Crippen LogP contribution in [0.5, 0.6) is 0 Å². The van der Waals surface area contributed by atoms with E-state index in [9.17, 15) is 19.2 Å². The molecule has 1 aliphatic carbocycles. The molecule has 1 aliphatic rings. The van der Waals surface area contributed by atoms with E-state index in [2.05, 4.69) is 10.6 Å². The molecule has 0 heterocycles. The largest absolute Gasteiger partial charge is 0.384 e. The average Bonchev–Trinajstić information content (AvgIpc) is 2.98. The van der Waals surface area contributed by atoms with Gasteiger partial charge in [0.05, 0.1) is 0 Å². The summed E-state index contributed by atoms with van der Waals surface area (Å²) < 4.78 is 0. The molecule has 12 nitrogen and oxygen atoms in total. The first-order valence-corrected chi connectivity index (χ1v) is 14.3. The Morgan fingerprint density at radius 1 is 0.814 bits per heavy atom. The molecule has 0 bridgehead atoms. The van der Waals surface area contributed by atoms with E-state index in [1.54, 1.807) is 62.6 Å². The van der Waals surface area contributed by atoms with Crippen LogP contribution in [0.2, 0.25) is 0 Å². The second-order valence-corrected chi connectivity index (χ2v) is 11.3. The van der Waals surface area contributed by atoms with Crippen LogP contribution in [0.1, 0.15) is 54.4 Å². The van der Waals surface area contributed by atoms with E-state index in [1.807, 2.05) is 0 Å². The number of primary amides is 1. The van der Waals surface area contributed by atoms with Gasteiger partial charge in [0, 0.05) is 31.6 Å².